The number of benzene rings is 1. The quantitative estimate of drug-likeness (QED) is 0.930. The highest BCUT2D eigenvalue weighted by molar-refractivity contribution is 5.93. The topological polar surface area (TPSA) is 50.2 Å². The first-order chi connectivity index (χ1) is 10.2. The maximum atomic E-state index is 13.0. The van der Waals surface area contributed by atoms with Gasteiger partial charge in [-0.05, 0) is 37.2 Å². The van der Waals surface area contributed by atoms with Gasteiger partial charge in [-0.1, -0.05) is 0 Å². The first-order valence-corrected chi connectivity index (χ1v) is 6.93. The Morgan fingerprint density at radius 3 is 2.86 bits per heavy atom. The minimum absolute atomic E-state index is 0.0782. The van der Waals surface area contributed by atoms with Crippen molar-refractivity contribution in [3.63, 3.8) is 0 Å². The average molecular weight is 288 g/mol. The van der Waals surface area contributed by atoms with Crippen LogP contribution in [-0.4, -0.2) is 46.5 Å². The Morgan fingerprint density at radius 1 is 1.43 bits per heavy atom. The fourth-order valence-electron chi connectivity index (χ4n) is 2.58. The summed E-state index contributed by atoms with van der Waals surface area (Å²) in [6.07, 6.45) is 4.07. The predicted molar refractivity (Wildman–Crippen MR) is 76.9 cm³/mol. The second-order valence-corrected chi connectivity index (χ2v) is 5.19. The molecule has 1 aromatic heterocycles. The fraction of sp³-hybridized carbons (Fsp3) is 0.333. The average Bonchev–Trinajstić information content (AvgIpc) is 3.17. The van der Waals surface area contributed by atoms with Crippen molar-refractivity contribution in [2.45, 2.75) is 12.5 Å². The van der Waals surface area contributed by atoms with Crippen molar-refractivity contribution in [3.05, 3.63) is 48.3 Å². The molecule has 3 rings (SSSR count). The van der Waals surface area contributed by atoms with Crippen molar-refractivity contribution in [1.29, 1.82) is 0 Å². The van der Waals surface area contributed by atoms with E-state index in [1.165, 1.54) is 12.1 Å². The van der Waals surface area contributed by atoms with Gasteiger partial charge in [0.05, 0.1) is 12.5 Å². The molecule has 0 saturated carbocycles. The second kappa shape index (κ2) is 5.65. The smallest absolute Gasteiger partial charge is 0.272 e. The van der Waals surface area contributed by atoms with E-state index < -0.39 is 0 Å². The van der Waals surface area contributed by atoms with Gasteiger partial charge in [0, 0.05) is 25.3 Å². The Hall–Kier alpha value is -2.21. The molecule has 1 atom stereocenters. The maximum absolute atomic E-state index is 13.0. The van der Waals surface area contributed by atoms with Crippen LogP contribution in [-0.2, 0) is 0 Å². The summed E-state index contributed by atoms with van der Waals surface area (Å²) in [5.41, 5.74) is 1.20. The molecular formula is C15H17FN4O. The largest absolute Gasteiger partial charge is 0.336 e. The summed E-state index contributed by atoms with van der Waals surface area (Å²) in [6, 6.07) is 6.20. The first-order valence-electron chi connectivity index (χ1n) is 6.93. The van der Waals surface area contributed by atoms with Crippen LogP contribution in [0, 0.1) is 5.82 Å². The van der Waals surface area contributed by atoms with Gasteiger partial charge in [-0.15, -0.1) is 0 Å². The number of carbonyl (C=O) groups is 1. The highest BCUT2D eigenvalue weighted by Crippen LogP contribution is 2.16. The zero-order valence-corrected chi connectivity index (χ0v) is 11.8. The molecule has 0 aliphatic carbocycles. The number of hydrogen-bond acceptors (Lipinski definition) is 3. The van der Waals surface area contributed by atoms with E-state index in [1.807, 2.05) is 7.05 Å². The van der Waals surface area contributed by atoms with Crippen LogP contribution in [0.5, 0.6) is 0 Å². The van der Waals surface area contributed by atoms with Crippen LogP contribution in [0.25, 0.3) is 5.69 Å². The van der Waals surface area contributed by atoms with E-state index >= 15 is 0 Å². The van der Waals surface area contributed by atoms with E-state index in [9.17, 15) is 9.18 Å². The third-order valence-corrected chi connectivity index (χ3v) is 3.86. The number of halogens is 1. The summed E-state index contributed by atoms with van der Waals surface area (Å²) in [4.78, 5) is 18.4. The summed E-state index contributed by atoms with van der Waals surface area (Å²) in [6.45, 7) is 1.74. The fourth-order valence-corrected chi connectivity index (χ4v) is 2.58. The van der Waals surface area contributed by atoms with Crippen molar-refractivity contribution in [1.82, 2.24) is 19.8 Å². The Bertz CT molecular complexity index is 631. The first kappa shape index (κ1) is 13.8. The number of aromatic nitrogens is 2. The third kappa shape index (κ3) is 2.67. The lowest BCUT2D eigenvalue weighted by Gasteiger charge is -2.24. The molecule has 0 bridgehead atoms. The molecule has 5 nitrogen and oxygen atoms in total. The molecule has 1 aliphatic rings. The number of nitrogens with zero attached hydrogens (tertiary/aromatic N) is 3. The maximum Gasteiger partial charge on any atom is 0.272 e. The van der Waals surface area contributed by atoms with Crippen molar-refractivity contribution in [3.8, 4) is 5.69 Å². The SMILES string of the molecule is CN(C(=O)c1cncn1-c1ccc(F)cc1)C1CCNC1. The number of carbonyl (C=O) groups excluding carboxylic acids is 1. The van der Waals surface area contributed by atoms with Gasteiger partial charge in [0.25, 0.3) is 5.91 Å². The minimum atomic E-state index is -0.305. The third-order valence-electron chi connectivity index (χ3n) is 3.86. The summed E-state index contributed by atoms with van der Waals surface area (Å²) >= 11 is 0. The van der Waals surface area contributed by atoms with Gasteiger partial charge < -0.3 is 10.2 Å². The molecule has 1 fully saturated rings. The highest BCUT2D eigenvalue weighted by atomic mass is 19.1. The van der Waals surface area contributed by atoms with Gasteiger partial charge in [0.15, 0.2) is 0 Å². The Morgan fingerprint density at radius 2 is 2.19 bits per heavy atom. The second-order valence-electron chi connectivity index (χ2n) is 5.19. The van der Waals surface area contributed by atoms with Crippen LogP contribution >= 0.6 is 0 Å². The molecule has 1 saturated heterocycles. The minimum Gasteiger partial charge on any atom is -0.336 e. The molecule has 0 radical (unpaired) electrons. The van der Waals surface area contributed by atoms with E-state index in [2.05, 4.69) is 10.3 Å². The Kier molecular flexibility index (Phi) is 3.70. The Labute approximate surface area is 122 Å². The van der Waals surface area contributed by atoms with Crippen molar-refractivity contribution in [2.24, 2.45) is 0 Å². The highest BCUT2D eigenvalue weighted by Gasteiger charge is 2.26. The normalized spacial score (nSPS) is 17.9. The Balaban J connectivity index is 1.87. The molecule has 1 aliphatic heterocycles. The molecule has 2 aromatic rings. The summed E-state index contributed by atoms with van der Waals surface area (Å²) in [5, 5.41) is 3.25. The van der Waals surface area contributed by atoms with Crippen LogP contribution in [0.4, 0.5) is 4.39 Å². The number of amides is 1. The summed E-state index contributed by atoms with van der Waals surface area (Å²) < 4.78 is 14.7. The zero-order valence-electron chi connectivity index (χ0n) is 11.8. The monoisotopic (exact) mass is 288 g/mol. The summed E-state index contributed by atoms with van der Waals surface area (Å²) in [7, 11) is 1.81. The van der Waals surface area contributed by atoms with Crippen LogP contribution in [0.15, 0.2) is 36.8 Å². The molecule has 1 aromatic carbocycles. The number of nitrogens with one attached hydrogen (secondary N) is 1. The molecule has 1 N–H and O–H groups in total. The van der Waals surface area contributed by atoms with E-state index in [1.54, 1.807) is 34.1 Å². The molecule has 1 amide bonds. The van der Waals surface area contributed by atoms with Gasteiger partial charge in [-0.2, -0.15) is 0 Å². The van der Waals surface area contributed by atoms with Crippen molar-refractivity contribution in [2.75, 3.05) is 20.1 Å². The lowest BCUT2D eigenvalue weighted by atomic mass is 10.2. The van der Waals surface area contributed by atoms with Gasteiger partial charge in [0.2, 0.25) is 0 Å². The molecule has 21 heavy (non-hydrogen) atoms. The molecule has 2 heterocycles. The van der Waals surface area contributed by atoms with Gasteiger partial charge in [0.1, 0.15) is 11.5 Å². The standard InChI is InChI=1S/C15H17FN4O/c1-19(13-6-7-17-8-13)15(21)14-9-18-10-20(14)12-4-2-11(16)3-5-12/h2-5,9-10,13,17H,6-8H2,1H3. The van der Waals surface area contributed by atoms with Crippen molar-refractivity contribution < 1.29 is 9.18 Å². The van der Waals surface area contributed by atoms with Crippen LogP contribution in [0.2, 0.25) is 0 Å². The van der Waals surface area contributed by atoms with Crippen LogP contribution in [0.1, 0.15) is 16.9 Å². The van der Waals surface area contributed by atoms with E-state index in [0.717, 1.165) is 25.2 Å². The molecule has 1 unspecified atom stereocenters. The van der Waals surface area contributed by atoms with Gasteiger partial charge in [-0.3, -0.25) is 9.36 Å². The lowest BCUT2D eigenvalue weighted by Crippen LogP contribution is -2.39. The van der Waals surface area contributed by atoms with E-state index in [0.29, 0.717) is 5.69 Å². The van der Waals surface area contributed by atoms with Crippen LogP contribution in [0.3, 0.4) is 0 Å². The predicted octanol–water partition coefficient (Wildman–Crippen LogP) is 1.45. The van der Waals surface area contributed by atoms with Gasteiger partial charge >= 0.3 is 0 Å². The molecule has 6 heteroatoms. The lowest BCUT2D eigenvalue weighted by molar-refractivity contribution is 0.0735. The zero-order chi connectivity index (χ0) is 14.8. The molecular weight excluding hydrogens is 271 g/mol. The van der Waals surface area contributed by atoms with Crippen molar-refractivity contribution >= 4 is 5.91 Å². The number of imidazole rings is 1. The molecule has 110 valence electrons. The van der Waals surface area contributed by atoms with E-state index in [4.69, 9.17) is 0 Å². The summed E-state index contributed by atoms with van der Waals surface area (Å²) in [5.74, 6) is -0.383. The van der Waals surface area contributed by atoms with E-state index in [-0.39, 0.29) is 17.8 Å². The molecule has 0 spiro atoms. The number of rotatable bonds is 3. The van der Waals surface area contributed by atoms with Gasteiger partial charge in [-0.25, -0.2) is 9.37 Å². The number of hydrogen-bond donors (Lipinski definition) is 1. The number of likely N-dealkylation sites (N-methyl/N-ethyl adjacent to an activating group) is 1. The van der Waals surface area contributed by atoms with Crippen LogP contribution < -0.4 is 5.32 Å².